The first-order chi connectivity index (χ1) is 15.8. The van der Waals surface area contributed by atoms with Gasteiger partial charge in [0.1, 0.15) is 18.0 Å². The number of esters is 1. The Hall–Kier alpha value is -3.31. The second kappa shape index (κ2) is 8.91. The van der Waals surface area contributed by atoms with Crippen molar-refractivity contribution in [3.63, 3.8) is 0 Å². The van der Waals surface area contributed by atoms with E-state index >= 15 is 0 Å². The molecular weight excluding hydrogens is 452 g/mol. The molecular formula is C22H24N2O8S. The molecule has 1 saturated heterocycles. The molecule has 0 radical (unpaired) electrons. The number of oxazole rings is 1. The van der Waals surface area contributed by atoms with Crippen molar-refractivity contribution in [3.8, 4) is 11.5 Å². The molecule has 176 valence electrons. The van der Waals surface area contributed by atoms with Gasteiger partial charge in [-0.15, -0.1) is 0 Å². The molecule has 3 aromatic rings. The lowest BCUT2D eigenvalue weighted by atomic mass is 9.97. The van der Waals surface area contributed by atoms with Crippen molar-refractivity contribution in [3.05, 3.63) is 52.5 Å². The van der Waals surface area contributed by atoms with Gasteiger partial charge in [0.05, 0.1) is 31.7 Å². The summed E-state index contributed by atoms with van der Waals surface area (Å²) in [6.45, 7) is 0.278. The monoisotopic (exact) mass is 476 g/mol. The van der Waals surface area contributed by atoms with Crippen molar-refractivity contribution in [2.75, 3.05) is 34.4 Å². The predicted octanol–water partition coefficient (Wildman–Crippen LogP) is 1.96. The highest BCUT2D eigenvalue weighted by atomic mass is 32.2. The van der Waals surface area contributed by atoms with E-state index in [0.717, 1.165) is 10.1 Å². The Balaban J connectivity index is 1.62. The van der Waals surface area contributed by atoms with Crippen LogP contribution in [0, 0.1) is 0 Å². The van der Waals surface area contributed by atoms with E-state index in [9.17, 15) is 18.0 Å². The van der Waals surface area contributed by atoms with E-state index in [0.29, 0.717) is 30.0 Å². The second-order valence-electron chi connectivity index (χ2n) is 7.62. The van der Waals surface area contributed by atoms with E-state index in [2.05, 4.69) is 4.74 Å². The summed E-state index contributed by atoms with van der Waals surface area (Å²) in [6.07, 6.45) is 0.621. The van der Waals surface area contributed by atoms with Gasteiger partial charge in [0.15, 0.2) is 5.58 Å². The van der Waals surface area contributed by atoms with E-state index in [1.807, 2.05) is 6.07 Å². The van der Waals surface area contributed by atoms with Crippen LogP contribution in [0.3, 0.4) is 0 Å². The van der Waals surface area contributed by atoms with Gasteiger partial charge in [0.25, 0.3) is 0 Å². The Morgan fingerprint density at radius 3 is 2.61 bits per heavy atom. The van der Waals surface area contributed by atoms with Crippen molar-refractivity contribution in [2.24, 2.45) is 0 Å². The average Bonchev–Trinajstić information content (AvgIpc) is 3.43. The van der Waals surface area contributed by atoms with Gasteiger partial charge in [0.2, 0.25) is 10.0 Å². The molecule has 1 fully saturated rings. The van der Waals surface area contributed by atoms with E-state index in [4.69, 9.17) is 13.9 Å². The number of ether oxygens (including phenoxy) is 3. The highest BCUT2D eigenvalue weighted by molar-refractivity contribution is 7.89. The maximum absolute atomic E-state index is 13.3. The van der Waals surface area contributed by atoms with E-state index in [1.54, 1.807) is 26.4 Å². The fourth-order valence-corrected chi connectivity index (χ4v) is 5.57. The van der Waals surface area contributed by atoms with Crippen molar-refractivity contribution >= 4 is 27.1 Å². The molecule has 0 amide bonds. The van der Waals surface area contributed by atoms with Crippen LogP contribution in [0.4, 0.5) is 0 Å². The molecule has 0 spiro atoms. The molecule has 1 aliphatic rings. The lowest BCUT2D eigenvalue weighted by Gasteiger charge is -2.18. The summed E-state index contributed by atoms with van der Waals surface area (Å²) in [5.74, 6) is -0.101. The third kappa shape index (κ3) is 4.21. The molecule has 11 heteroatoms. The molecule has 4 rings (SSSR count). The molecule has 0 bridgehead atoms. The maximum atomic E-state index is 13.3. The minimum absolute atomic E-state index is 0.00669. The Labute approximate surface area is 190 Å². The highest BCUT2D eigenvalue weighted by Gasteiger charge is 2.35. The van der Waals surface area contributed by atoms with E-state index in [-0.39, 0.29) is 29.5 Å². The zero-order valence-corrected chi connectivity index (χ0v) is 19.3. The highest BCUT2D eigenvalue weighted by Crippen LogP contribution is 2.37. The SMILES string of the molecule is COC(=O)Cn1c(=O)oc2cc(S(=O)(=O)N3CC[C@H](c4cc(OC)ccc4OC)C3)ccc21. The predicted molar refractivity (Wildman–Crippen MR) is 118 cm³/mol. The fraction of sp³-hybridized carbons (Fsp3) is 0.364. The number of benzene rings is 2. The van der Waals surface area contributed by atoms with Crippen LogP contribution in [0.2, 0.25) is 0 Å². The molecule has 1 atom stereocenters. The van der Waals surface area contributed by atoms with Crippen LogP contribution in [-0.4, -0.2) is 57.7 Å². The molecule has 1 aromatic heterocycles. The minimum atomic E-state index is -3.84. The van der Waals surface area contributed by atoms with Crippen LogP contribution in [-0.2, 0) is 26.1 Å². The summed E-state index contributed by atoms with van der Waals surface area (Å²) in [6, 6.07) is 9.62. The topological polar surface area (TPSA) is 117 Å². The number of sulfonamides is 1. The number of hydrogen-bond donors (Lipinski definition) is 0. The number of fused-ring (bicyclic) bond motifs is 1. The summed E-state index contributed by atoms with van der Waals surface area (Å²) in [4.78, 5) is 23.7. The third-order valence-electron chi connectivity index (χ3n) is 5.82. The van der Waals surface area contributed by atoms with Crippen LogP contribution < -0.4 is 15.2 Å². The number of rotatable bonds is 7. The first-order valence-electron chi connectivity index (χ1n) is 10.2. The summed E-state index contributed by atoms with van der Waals surface area (Å²) >= 11 is 0. The summed E-state index contributed by atoms with van der Waals surface area (Å²) in [5, 5.41) is 0. The first kappa shape index (κ1) is 22.9. The van der Waals surface area contributed by atoms with Crippen LogP contribution in [0.5, 0.6) is 11.5 Å². The van der Waals surface area contributed by atoms with Gasteiger partial charge in [0, 0.05) is 30.6 Å². The van der Waals surface area contributed by atoms with Gasteiger partial charge in [-0.1, -0.05) is 0 Å². The quantitative estimate of drug-likeness (QED) is 0.475. The molecule has 0 unspecified atom stereocenters. The Kier molecular flexibility index (Phi) is 6.17. The summed E-state index contributed by atoms with van der Waals surface area (Å²) < 4.78 is 49.7. The molecule has 33 heavy (non-hydrogen) atoms. The summed E-state index contributed by atoms with van der Waals surface area (Å²) in [7, 11) is 0.521. The Bertz CT molecular complexity index is 1360. The standard InChI is InChI=1S/C22H24N2O8S/c1-29-15-4-7-19(30-2)17(10-15)14-8-9-23(12-14)33(27,28)16-5-6-18-20(11-16)32-22(26)24(18)13-21(25)31-3/h4-7,10-11,14H,8-9,12-13H2,1-3H3/t14-/m0/s1. The average molecular weight is 477 g/mol. The smallest absolute Gasteiger partial charge is 0.420 e. The van der Waals surface area contributed by atoms with Gasteiger partial charge < -0.3 is 18.6 Å². The van der Waals surface area contributed by atoms with Gasteiger partial charge >= 0.3 is 11.7 Å². The van der Waals surface area contributed by atoms with E-state index in [1.165, 1.54) is 29.6 Å². The van der Waals surface area contributed by atoms with Crippen molar-refractivity contribution in [2.45, 2.75) is 23.8 Å². The first-order valence-corrected chi connectivity index (χ1v) is 11.6. The van der Waals surface area contributed by atoms with Gasteiger partial charge in [-0.05, 0) is 36.8 Å². The molecule has 0 N–H and O–H groups in total. The number of nitrogens with zero attached hydrogens (tertiary/aromatic N) is 2. The largest absolute Gasteiger partial charge is 0.497 e. The van der Waals surface area contributed by atoms with Crippen LogP contribution >= 0.6 is 0 Å². The number of methoxy groups -OCH3 is 3. The zero-order chi connectivity index (χ0) is 23.8. The van der Waals surface area contributed by atoms with Gasteiger partial charge in [-0.25, -0.2) is 13.2 Å². The fourth-order valence-electron chi connectivity index (χ4n) is 4.06. The third-order valence-corrected chi connectivity index (χ3v) is 7.68. The number of aromatic nitrogens is 1. The minimum Gasteiger partial charge on any atom is -0.497 e. The molecule has 0 saturated carbocycles. The molecule has 10 nitrogen and oxygen atoms in total. The number of carbonyl (C=O) groups is 1. The van der Waals surface area contributed by atoms with Crippen molar-refractivity contribution in [1.29, 1.82) is 0 Å². The van der Waals surface area contributed by atoms with Crippen LogP contribution in [0.1, 0.15) is 17.9 Å². The van der Waals surface area contributed by atoms with E-state index < -0.39 is 21.7 Å². The lowest BCUT2D eigenvalue weighted by molar-refractivity contribution is -0.141. The normalized spacial score (nSPS) is 16.8. The van der Waals surface area contributed by atoms with Crippen LogP contribution in [0.15, 0.2) is 50.5 Å². The zero-order valence-electron chi connectivity index (χ0n) is 18.4. The lowest BCUT2D eigenvalue weighted by Crippen LogP contribution is -2.28. The van der Waals surface area contributed by atoms with Gasteiger partial charge in [-0.2, -0.15) is 4.31 Å². The summed E-state index contributed by atoms with van der Waals surface area (Å²) in [5.41, 5.74) is 1.27. The Morgan fingerprint density at radius 1 is 1.12 bits per heavy atom. The second-order valence-corrected chi connectivity index (χ2v) is 9.55. The van der Waals surface area contributed by atoms with Gasteiger partial charge in [-0.3, -0.25) is 9.36 Å². The maximum Gasteiger partial charge on any atom is 0.420 e. The number of carbonyl (C=O) groups excluding carboxylic acids is 1. The molecule has 2 heterocycles. The molecule has 2 aromatic carbocycles. The molecule has 1 aliphatic heterocycles. The molecule has 0 aliphatic carbocycles. The Morgan fingerprint density at radius 2 is 1.91 bits per heavy atom. The van der Waals surface area contributed by atoms with Crippen LogP contribution in [0.25, 0.3) is 11.1 Å². The number of hydrogen-bond acceptors (Lipinski definition) is 8. The van der Waals surface area contributed by atoms with Crippen molar-refractivity contribution < 1.29 is 31.8 Å². The van der Waals surface area contributed by atoms with Crippen molar-refractivity contribution in [1.82, 2.24) is 8.87 Å².